The summed E-state index contributed by atoms with van der Waals surface area (Å²) in [5, 5.41) is 0. The van der Waals surface area contributed by atoms with E-state index in [0.29, 0.717) is 13.0 Å². The minimum Gasteiger partial charge on any atom is -0.466 e. The van der Waals surface area contributed by atoms with E-state index in [0.717, 1.165) is 19.6 Å². The molecule has 3 heteroatoms. The van der Waals surface area contributed by atoms with Crippen LogP contribution in [0.1, 0.15) is 27.2 Å². The first-order valence-electron chi connectivity index (χ1n) is 5.27. The molecule has 0 saturated carbocycles. The van der Waals surface area contributed by atoms with Crippen LogP contribution in [0.25, 0.3) is 0 Å². The Balaban J connectivity index is 3.57. The SMILES string of the molecule is CCOC(=O)C/C=C\CN(CC)CC. The van der Waals surface area contributed by atoms with Crippen molar-refractivity contribution in [1.82, 2.24) is 4.90 Å². The zero-order chi connectivity index (χ0) is 10.8. The number of carbonyl (C=O) groups is 1. The molecule has 0 saturated heterocycles. The lowest BCUT2D eigenvalue weighted by Gasteiger charge is -2.14. The lowest BCUT2D eigenvalue weighted by molar-refractivity contribution is -0.142. The lowest BCUT2D eigenvalue weighted by atomic mass is 10.3. The molecule has 0 aromatic heterocycles. The third-order valence-corrected chi connectivity index (χ3v) is 2.01. The molecule has 82 valence electrons. The topological polar surface area (TPSA) is 29.5 Å². The minimum absolute atomic E-state index is 0.150. The van der Waals surface area contributed by atoms with Gasteiger partial charge in [0.15, 0.2) is 0 Å². The van der Waals surface area contributed by atoms with E-state index >= 15 is 0 Å². The summed E-state index contributed by atoms with van der Waals surface area (Å²) < 4.78 is 4.80. The Morgan fingerprint density at radius 2 is 1.86 bits per heavy atom. The van der Waals surface area contributed by atoms with E-state index in [1.807, 2.05) is 19.1 Å². The molecule has 0 aliphatic carbocycles. The molecule has 0 heterocycles. The van der Waals surface area contributed by atoms with Gasteiger partial charge in [0.1, 0.15) is 0 Å². The van der Waals surface area contributed by atoms with Gasteiger partial charge in [-0.3, -0.25) is 4.79 Å². The van der Waals surface area contributed by atoms with E-state index in [-0.39, 0.29) is 5.97 Å². The fraction of sp³-hybridized carbons (Fsp3) is 0.727. The van der Waals surface area contributed by atoms with Crippen molar-refractivity contribution < 1.29 is 9.53 Å². The van der Waals surface area contributed by atoms with Crippen LogP contribution in [-0.2, 0) is 9.53 Å². The van der Waals surface area contributed by atoms with Crippen molar-refractivity contribution >= 4 is 5.97 Å². The van der Waals surface area contributed by atoms with Crippen molar-refractivity contribution in [2.45, 2.75) is 27.2 Å². The average Bonchev–Trinajstić information content (AvgIpc) is 2.19. The molecule has 0 rings (SSSR count). The molecule has 0 aromatic carbocycles. The van der Waals surface area contributed by atoms with Crippen molar-refractivity contribution in [2.75, 3.05) is 26.2 Å². The van der Waals surface area contributed by atoms with Crippen molar-refractivity contribution in [3.05, 3.63) is 12.2 Å². The van der Waals surface area contributed by atoms with Gasteiger partial charge < -0.3 is 9.64 Å². The highest BCUT2D eigenvalue weighted by atomic mass is 16.5. The van der Waals surface area contributed by atoms with E-state index in [1.165, 1.54) is 0 Å². The fourth-order valence-corrected chi connectivity index (χ4v) is 1.10. The van der Waals surface area contributed by atoms with Crippen molar-refractivity contribution in [1.29, 1.82) is 0 Å². The third-order valence-electron chi connectivity index (χ3n) is 2.01. The summed E-state index contributed by atoms with van der Waals surface area (Å²) in [5.41, 5.74) is 0. The Labute approximate surface area is 86.7 Å². The van der Waals surface area contributed by atoms with E-state index in [4.69, 9.17) is 4.74 Å². The Morgan fingerprint density at radius 3 is 2.36 bits per heavy atom. The lowest BCUT2D eigenvalue weighted by Crippen LogP contribution is -2.22. The molecule has 3 nitrogen and oxygen atoms in total. The van der Waals surface area contributed by atoms with Crippen LogP contribution in [0.3, 0.4) is 0 Å². The molecule has 0 atom stereocenters. The van der Waals surface area contributed by atoms with Crippen LogP contribution in [0, 0.1) is 0 Å². The quantitative estimate of drug-likeness (QED) is 0.463. The van der Waals surface area contributed by atoms with E-state index < -0.39 is 0 Å². The number of esters is 1. The number of rotatable bonds is 7. The van der Waals surface area contributed by atoms with Gasteiger partial charge in [-0.1, -0.05) is 26.0 Å². The molecule has 0 aliphatic heterocycles. The second-order valence-electron chi connectivity index (χ2n) is 2.97. The van der Waals surface area contributed by atoms with Gasteiger partial charge in [0.2, 0.25) is 0 Å². The van der Waals surface area contributed by atoms with Gasteiger partial charge in [-0.15, -0.1) is 0 Å². The first-order valence-corrected chi connectivity index (χ1v) is 5.27. The summed E-state index contributed by atoms with van der Waals surface area (Å²) in [6, 6.07) is 0. The fourth-order valence-electron chi connectivity index (χ4n) is 1.10. The van der Waals surface area contributed by atoms with E-state index in [9.17, 15) is 4.79 Å². The highest BCUT2D eigenvalue weighted by Gasteiger charge is 1.97. The highest BCUT2D eigenvalue weighted by molar-refractivity contribution is 5.71. The smallest absolute Gasteiger partial charge is 0.309 e. The monoisotopic (exact) mass is 199 g/mol. The average molecular weight is 199 g/mol. The molecule has 0 bridgehead atoms. The number of likely N-dealkylation sites (N-methyl/N-ethyl adjacent to an activating group) is 1. The van der Waals surface area contributed by atoms with Crippen LogP contribution in [0.4, 0.5) is 0 Å². The Kier molecular flexibility index (Phi) is 8.24. The number of hydrogen-bond acceptors (Lipinski definition) is 3. The second-order valence-corrected chi connectivity index (χ2v) is 2.97. The molecular formula is C11H21NO2. The largest absolute Gasteiger partial charge is 0.466 e. The van der Waals surface area contributed by atoms with E-state index in [1.54, 1.807) is 0 Å². The maximum atomic E-state index is 10.9. The van der Waals surface area contributed by atoms with Gasteiger partial charge in [0.05, 0.1) is 13.0 Å². The second kappa shape index (κ2) is 8.75. The summed E-state index contributed by atoms with van der Waals surface area (Å²) in [6.07, 6.45) is 4.27. The summed E-state index contributed by atoms with van der Waals surface area (Å²) in [7, 11) is 0. The van der Waals surface area contributed by atoms with Gasteiger partial charge in [-0.25, -0.2) is 0 Å². The molecule has 0 amide bonds. The number of ether oxygens (including phenoxy) is 1. The maximum absolute atomic E-state index is 10.9. The number of carbonyl (C=O) groups excluding carboxylic acids is 1. The van der Waals surface area contributed by atoms with Crippen LogP contribution < -0.4 is 0 Å². The van der Waals surface area contributed by atoms with Gasteiger partial charge >= 0.3 is 5.97 Å². The van der Waals surface area contributed by atoms with Gasteiger partial charge in [-0.05, 0) is 20.0 Å². The first kappa shape index (κ1) is 13.2. The van der Waals surface area contributed by atoms with Crippen molar-refractivity contribution in [3.8, 4) is 0 Å². The molecule has 0 unspecified atom stereocenters. The molecule has 0 aliphatic rings. The van der Waals surface area contributed by atoms with Crippen LogP contribution in [0.2, 0.25) is 0 Å². The zero-order valence-corrected chi connectivity index (χ0v) is 9.45. The number of hydrogen-bond donors (Lipinski definition) is 0. The van der Waals surface area contributed by atoms with Crippen LogP contribution in [0.15, 0.2) is 12.2 Å². The summed E-state index contributed by atoms with van der Waals surface area (Å²) in [6.45, 7) is 9.53. The predicted octanol–water partition coefficient (Wildman–Crippen LogP) is 1.84. The summed E-state index contributed by atoms with van der Waals surface area (Å²) in [4.78, 5) is 13.2. The standard InChI is InChI=1S/C11H21NO2/c1-4-12(5-2)10-8-7-9-11(13)14-6-3/h7-8H,4-6,9-10H2,1-3H3/b8-7-. The Morgan fingerprint density at radius 1 is 1.21 bits per heavy atom. The van der Waals surface area contributed by atoms with Crippen LogP contribution in [-0.4, -0.2) is 37.1 Å². The molecule has 0 radical (unpaired) electrons. The minimum atomic E-state index is -0.150. The zero-order valence-electron chi connectivity index (χ0n) is 9.45. The van der Waals surface area contributed by atoms with Crippen molar-refractivity contribution in [3.63, 3.8) is 0 Å². The maximum Gasteiger partial charge on any atom is 0.309 e. The molecular weight excluding hydrogens is 178 g/mol. The molecule has 0 aromatic rings. The third kappa shape index (κ3) is 6.66. The van der Waals surface area contributed by atoms with E-state index in [2.05, 4.69) is 18.7 Å². The first-order chi connectivity index (χ1) is 6.74. The number of nitrogens with zero attached hydrogens (tertiary/aromatic N) is 1. The highest BCUT2D eigenvalue weighted by Crippen LogP contribution is 1.91. The summed E-state index contributed by atoms with van der Waals surface area (Å²) >= 11 is 0. The summed E-state index contributed by atoms with van der Waals surface area (Å²) in [5.74, 6) is -0.150. The normalized spacial score (nSPS) is 11.1. The van der Waals surface area contributed by atoms with Gasteiger partial charge in [0, 0.05) is 6.54 Å². The Hall–Kier alpha value is -0.830. The van der Waals surface area contributed by atoms with Crippen LogP contribution in [0.5, 0.6) is 0 Å². The predicted molar refractivity (Wildman–Crippen MR) is 58.2 cm³/mol. The van der Waals surface area contributed by atoms with Crippen LogP contribution >= 0.6 is 0 Å². The molecule has 14 heavy (non-hydrogen) atoms. The van der Waals surface area contributed by atoms with Gasteiger partial charge in [0.25, 0.3) is 0 Å². The molecule has 0 N–H and O–H groups in total. The molecule has 0 spiro atoms. The van der Waals surface area contributed by atoms with Crippen molar-refractivity contribution in [2.24, 2.45) is 0 Å². The van der Waals surface area contributed by atoms with Gasteiger partial charge in [-0.2, -0.15) is 0 Å². The Bertz CT molecular complexity index is 174. The molecule has 0 fully saturated rings.